The maximum Gasteiger partial charge on any atom is 0.331 e. The van der Waals surface area contributed by atoms with Crippen LogP contribution in [0.3, 0.4) is 0 Å². The first-order chi connectivity index (χ1) is 10.8. The van der Waals surface area contributed by atoms with Gasteiger partial charge in [0.1, 0.15) is 5.75 Å². The summed E-state index contributed by atoms with van der Waals surface area (Å²) in [6.45, 7) is 2.87. The number of hydrogen-bond donors (Lipinski definition) is 2. The largest absolute Gasteiger partial charge is 0.483 e. The Morgan fingerprint density at radius 1 is 1.39 bits per heavy atom. The Kier molecular flexibility index (Phi) is 5.05. The molecule has 1 heterocycles. The van der Waals surface area contributed by atoms with Gasteiger partial charge >= 0.3 is 5.97 Å². The zero-order valence-electron chi connectivity index (χ0n) is 12.6. The number of anilines is 1. The van der Waals surface area contributed by atoms with E-state index in [0.29, 0.717) is 11.4 Å². The molecule has 0 fully saturated rings. The highest BCUT2D eigenvalue weighted by molar-refractivity contribution is 9.10. The average molecular weight is 382 g/mol. The van der Waals surface area contributed by atoms with Gasteiger partial charge in [0.05, 0.1) is 16.4 Å². The smallest absolute Gasteiger partial charge is 0.331 e. The summed E-state index contributed by atoms with van der Waals surface area (Å²) in [5.41, 5.74) is -0.797. The molecule has 0 saturated heterocycles. The van der Waals surface area contributed by atoms with Gasteiger partial charge in [-0.1, -0.05) is 12.1 Å². The molecule has 0 atom stereocenters. The Labute approximate surface area is 141 Å². The fourth-order valence-electron chi connectivity index (χ4n) is 1.69. The molecule has 23 heavy (non-hydrogen) atoms. The van der Waals surface area contributed by atoms with E-state index >= 15 is 0 Å². The van der Waals surface area contributed by atoms with Crippen LogP contribution in [0.2, 0.25) is 0 Å². The second-order valence-corrected chi connectivity index (χ2v) is 6.16. The minimum atomic E-state index is -1.20. The molecular weight excluding hydrogens is 366 g/mol. The Morgan fingerprint density at radius 3 is 2.74 bits per heavy atom. The van der Waals surface area contributed by atoms with Crippen LogP contribution in [0, 0.1) is 0 Å². The molecule has 1 aromatic heterocycles. The molecular formula is C15H16BrN3O4. The van der Waals surface area contributed by atoms with Gasteiger partial charge in [-0.15, -0.1) is 0 Å². The molecule has 2 N–H and O–H groups in total. The molecule has 0 aliphatic carbocycles. The number of para-hydroxylation sites is 1. The average Bonchev–Trinajstić information content (AvgIpc) is 2.95. The summed E-state index contributed by atoms with van der Waals surface area (Å²) in [7, 11) is 0. The number of hydrogen-bond acceptors (Lipinski definition) is 4. The van der Waals surface area contributed by atoms with E-state index in [1.54, 1.807) is 12.1 Å². The predicted octanol–water partition coefficient (Wildman–Crippen LogP) is 2.48. The zero-order chi connectivity index (χ0) is 17.0. The lowest BCUT2D eigenvalue weighted by Gasteiger charge is -2.19. The molecule has 0 unspecified atom stereocenters. The van der Waals surface area contributed by atoms with Gasteiger partial charge in [0, 0.05) is 6.20 Å². The van der Waals surface area contributed by atoms with Gasteiger partial charge < -0.3 is 15.2 Å². The van der Waals surface area contributed by atoms with Crippen molar-refractivity contribution >= 4 is 33.5 Å². The van der Waals surface area contributed by atoms with Gasteiger partial charge in [-0.2, -0.15) is 5.10 Å². The third-order valence-corrected chi connectivity index (χ3v) is 3.81. The number of aliphatic carboxylic acids is 1. The molecule has 0 aliphatic rings. The van der Waals surface area contributed by atoms with Gasteiger partial charge in [-0.3, -0.25) is 9.48 Å². The van der Waals surface area contributed by atoms with E-state index < -0.39 is 11.5 Å². The number of nitrogens with zero attached hydrogens (tertiary/aromatic N) is 2. The van der Waals surface area contributed by atoms with Crippen molar-refractivity contribution in [3.63, 3.8) is 0 Å². The Morgan fingerprint density at radius 2 is 2.09 bits per heavy atom. The van der Waals surface area contributed by atoms with Crippen LogP contribution in [0.15, 0.2) is 41.1 Å². The molecule has 7 nitrogen and oxygen atoms in total. The zero-order valence-corrected chi connectivity index (χ0v) is 14.2. The Balaban J connectivity index is 1.95. The molecule has 8 heteroatoms. The third kappa shape index (κ3) is 4.10. The first-order valence-corrected chi connectivity index (χ1v) is 7.55. The highest BCUT2D eigenvalue weighted by atomic mass is 79.9. The molecule has 2 rings (SSSR count). The van der Waals surface area contributed by atoms with Crippen molar-refractivity contribution in [2.45, 2.75) is 19.4 Å². The van der Waals surface area contributed by atoms with E-state index in [0.717, 1.165) is 4.47 Å². The van der Waals surface area contributed by atoms with Gasteiger partial charge in [-0.05, 0) is 41.9 Å². The van der Waals surface area contributed by atoms with Crippen molar-refractivity contribution in [1.29, 1.82) is 0 Å². The summed E-state index contributed by atoms with van der Waals surface area (Å²) in [6.07, 6.45) is 2.85. The highest BCUT2D eigenvalue weighted by Crippen LogP contribution is 2.23. The first-order valence-electron chi connectivity index (χ1n) is 6.76. The standard InChI is InChI=1S/C15H16BrN3O4/c1-15(2,14(21)22)19-8-10(7-17-19)18-13(20)9-23-12-6-4-3-5-11(12)16/h3-8H,9H2,1-2H3,(H,18,20)(H,21,22). The number of nitrogens with one attached hydrogen (secondary N) is 1. The van der Waals surface area contributed by atoms with Crippen LogP contribution in [0.25, 0.3) is 0 Å². The van der Waals surface area contributed by atoms with Crippen LogP contribution in [0.5, 0.6) is 5.75 Å². The van der Waals surface area contributed by atoms with Crippen LogP contribution in [-0.4, -0.2) is 33.4 Å². The van der Waals surface area contributed by atoms with E-state index in [1.165, 1.54) is 30.9 Å². The van der Waals surface area contributed by atoms with Gasteiger partial charge in [0.2, 0.25) is 0 Å². The van der Waals surface area contributed by atoms with Crippen LogP contribution in [-0.2, 0) is 15.1 Å². The summed E-state index contributed by atoms with van der Waals surface area (Å²) in [6, 6.07) is 7.20. The van der Waals surface area contributed by atoms with Crippen molar-refractivity contribution < 1.29 is 19.4 Å². The summed E-state index contributed by atoms with van der Waals surface area (Å²) >= 11 is 3.33. The number of carboxylic acids is 1. The molecule has 0 saturated carbocycles. The van der Waals surface area contributed by atoms with E-state index in [1.807, 2.05) is 12.1 Å². The second kappa shape index (κ2) is 6.82. The SMILES string of the molecule is CC(C)(C(=O)O)n1cc(NC(=O)COc2ccccc2Br)cn1. The van der Waals surface area contributed by atoms with E-state index in [9.17, 15) is 9.59 Å². The number of rotatable bonds is 6. The normalized spacial score (nSPS) is 11.1. The van der Waals surface area contributed by atoms with Gasteiger partial charge in [0.25, 0.3) is 5.91 Å². The number of amides is 1. The van der Waals surface area contributed by atoms with Crippen molar-refractivity contribution in [3.8, 4) is 5.75 Å². The van der Waals surface area contributed by atoms with Crippen molar-refractivity contribution in [3.05, 3.63) is 41.1 Å². The topological polar surface area (TPSA) is 93.5 Å². The molecule has 122 valence electrons. The number of aromatic nitrogens is 2. The van der Waals surface area contributed by atoms with E-state index in [2.05, 4.69) is 26.3 Å². The minimum absolute atomic E-state index is 0.171. The second-order valence-electron chi connectivity index (χ2n) is 5.31. The van der Waals surface area contributed by atoms with E-state index in [4.69, 9.17) is 9.84 Å². The Hall–Kier alpha value is -2.35. The van der Waals surface area contributed by atoms with Crippen LogP contribution >= 0.6 is 15.9 Å². The fourth-order valence-corrected chi connectivity index (χ4v) is 2.09. The number of carbonyl (C=O) groups excluding carboxylic acids is 1. The fraction of sp³-hybridized carbons (Fsp3) is 0.267. The van der Waals surface area contributed by atoms with E-state index in [-0.39, 0.29) is 12.5 Å². The predicted molar refractivity (Wildman–Crippen MR) is 87.5 cm³/mol. The summed E-state index contributed by atoms with van der Waals surface area (Å²) in [4.78, 5) is 23.1. The lowest BCUT2D eigenvalue weighted by Crippen LogP contribution is -2.35. The summed E-state index contributed by atoms with van der Waals surface area (Å²) in [5, 5.41) is 15.7. The quantitative estimate of drug-likeness (QED) is 0.801. The first kappa shape index (κ1) is 17.0. The molecule has 0 spiro atoms. The summed E-state index contributed by atoms with van der Waals surface area (Å²) < 4.78 is 7.43. The molecule has 1 aromatic carbocycles. The number of benzene rings is 1. The number of ether oxygens (including phenoxy) is 1. The van der Waals surface area contributed by atoms with Crippen molar-refractivity contribution in [2.75, 3.05) is 11.9 Å². The van der Waals surface area contributed by atoms with Gasteiger partial charge in [0.15, 0.2) is 12.1 Å². The summed E-state index contributed by atoms with van der Waals surface area (Å²) in [5.74, 6) is -0.825. The van der Waals surface area contributed by atoms with Crippen molar-refractivity contribution in [2.24, 2.45) is 0 Å². The molecule has 0 aliphatic heterocycles. The number of halogens is 1. The maximum absolute atomic E-state index is 11.9. The lowest BCUT2D eigenvalue weighted by molar-refractivity contribution is -0.146. The van der Waals surface area contributed by atoms with Crippen LogP contribution in [0.4, 0.5) is 5.69 Å². The monoisotopic (exact) mass is 381 g/mol. The maximum atomic E-state index is 11.9. The van der Waals surface area contributed by atoms with Crippen LogP contribution in [0.1, 0.15) is 13.8 Å². The Bertz CT molecular complexity index is 727. The number of carbonyl (C=O) groups is 2. The molecule has 0 bridgehead atoms. The molecule has 2 aromatic rings. The number of carboxylic acid groups (broad SMARTS) is 1. The van der Waals surface area contributed by atoms with Crippen molar-refractivity contribution in [1.82, 2.24) is 9.78 Å². The lowest BCUT2D eigenvalue weighted by atomic mass is 10.1. The van der Waals surface area contributed by atoms with Gasteiger partial charge in [-0.25, -0.2) is 4.79 Å². The molecule has 0 radical (unpaired) electrons. The highest BCUT2D eigenvalue weighted by Gasteiger charge is 2.30. The third-order valence-electron chi connectivity index (χ3n) is 3.16. The van der Waals surface area contributed by atoms with Crippen LogP contribution < -0.4 is 10.1 Å². The molecule has 1 amide bonds. The minimum Gasteiger partial charge on any atom is -0.483 e.